The number of hydrogen-bond acceptors (Lipinski definition) is 4. The average molecular weight is 381 g/mol. The summed E-state index contributed by atoms with van der Waals surface area (Å²) in [6.45, 7) is 3.14. The molecule has 0 spiro atoms. The summed E-state index contributed by atoms with van der Waals surface area (Å²) >= 11 is 1.32. The lowest BCUT2D eigenvalue weighted by Gasteiger charge is -2.09. The van der Waals surface area contributed by atoms with Crippen molar-refractivity contribution in [2.75, 3.05) is 30.0 Å². The minimum Gasteiger partial charge on any atom is -0.494 e. The lowest BCUT2D eigenvalue weighted by molar-refractivity contribution is -0.113. The molecule has 0 aromatic heterocycles. The van der Waals surface area contributed by atoms with Gasteiger partial charge in [0.25, 0.3) is 0 Å². The molecular weight excluding hydrogens is 360 g/mol. The van der Waals surface area contributed by atoms with Gasteiger partial charge >= 0.3 is 0 Å². The van der Waals surface area contributed by atoms with Crippen molar-refractivity contribution in [3.8, 4) is 11.5 Å². The molecule has 0 heterocycles. The van der Waals surface area contributed by atoms with E-state index in [1.165, 1.54) is 17.8 Å². The van der Waals surface area contributed by atoms with Crippen molar-refractivity contribution in [1.82, 2.24) is 0 Å². The zero-order valence-corrected chi connectivity index (χ0v) is 15.3. The summed E-state index contributed by atoms with van der Waals surface area (Å²) in [5.74, 6) is 0.118. The zero-order valence-electron chi connectivity index (χ0n) is 14.5. The van der Waals surface area contributed by atoms with Gasteiger partial charge in [0, 0.05) is 5.75 Å². The molecule has 0 atom stereocenters. The van der Waals surface area contributed by atoms with Crippen molar-refractivity contribution in [2.45, 2.75) is 13.3 Å². The first-order valence-electron chi connectivity index (χ1n) is 8.27. The molecule has 0 aliphatic heterocycles. The Morgan fingerprint density at radius 3 is 2.15 bits per heavy atom. The van der Waals surface area contributed by atoms with E-state index >= 15 is 0 Å². The Hall–Kier alpha value is -2.28. The Morgan fingerprint density at radius 1 is 1.00 bits per heavy atom. The van der Waals surface area contributed by atoms with E-state index in [0.29, 0.717) is 24.7 Å². The first-order chi connectivity index (χ1) is 12.6. The van der Waals surface area contributed by atoms with Crippen LogP contribution in [0.25, 0.3) is 0 Å². The van der Waals surface area contributed by atoms with Crippen LogP contribution in [0, 0.1) is 11.6 Å². The van der Waals surface area contributed by atoms with Gasteiger partial charge < -0.3 is 14.8 Å². The monoisotopic (exact) mass is 381 g/mol. The molecular formula is C19H21F2NO3S. The van der Waals surface area contributed by atoms with Gasteiger partial charge in [0.1, 0.15) is 28.8 Å². The fourth-order valence-corrected chi connectivity index (χ4v) is 2.63. The number of ether oxygens (including phenoxy) is 2. The lowest BCUT2D eigenvalue weighted by Crippen LogP contribution is -2.17. The molecule has 26 heavy (non-hydrogen) atoms. The van der Waals surface area contributed by atoms with Crippen LogP contribution < -0.4 is 14.8 Å². The third-order valence-electron chi connectivity index (χ3n) is 3.25. The highest BCUT2D eigenvalue weighted by Crippen LogP contribution is 2.19. The van der Waals surface area contributed by atoms with E-state index in [9.17, 15) is 13.6 Å². The van der Waals surface area contributed by atoms with Gasteiger partial charge in [-0.1, -0.05) is 13.0 Å². The first kappa shape index (κ1) is 20.0. The van der Waals surface area contributed by atoms with Crippen molar-refractivity contribution in [2.24, 2.45) is 0 Å². The largest absolute Gasteiger partial charge is 0.494 e. The molecule has 0 fully saturated rings. The van der Waals surface area contributed by atoms with E-state index in [1.54, 1.807) is 0 Å². The summed E-state index contributed by atoms with van der Waals surface area (Å²) in [5, 5.41) is 2.25. The van der Waals surface area contributed by atoms with Gasteiger partial charge in [-0.25, -0.2) is 8.78 Å². The summed E-state index contributed by atoms with van der Waals surface area (Å²) in [4.78, 5) is 11.8. The van der Waals surface area contributed by atoms with Crippen LogP contribution in [-0.2, 0) is 4.79 Å². The highest BCUT2D eigenvalue weighted by Gasteiger charge is 2.11. The van der Waals surface area contributed by atoms with E-state index in [-0.39, 0.29) is 5.75 Å². The lowest BCUT2D eigenvalue weighted by atomic mass is 10.3. The van der Waals surface area contributed by atoms with Crippen molar-refractivity contribution in [1.29, 1.82) is 0 Å². The molecule has 0 saturated heterocycles. The summed E-state index contributed by atoms with van der Waals surface area (Å²) < 4.78 is 38.0. The third-order valence-corrected chi connectivity index (χ3v) is 4.17. The molecule has 0 bridgehead atoms. The molecule has 2 aromatic rings. The molecule has 140 valence electrons. The van der Waals surface area contributed by atoms with Crippen molar-refractivity contribution in [3.63, 3.8) is 0 Å². The molecule has 7 heteroatoms. The Balaban J connectivity index is 1.65. The first-order valence-corrected chi connectivity index (χ1v) is 9.43. The maximum absolute atomic E-state index is 13.4. The minimum atomic E-state index is -0.793. The van der Waals surface area contributed by atoms with Gasteiger partial charge in [-0.2, -0.15) is 0 Å². The predicted octanol–water partition coefficient (Wildman–Crippen LogP) is 4.50. The van der Waals surface area contributed by atoms with Crippen molar-refractivity contribution < 1.29 is 23.0 Å². The Bertz CT molecular complexity index is 690. The molecule has 2 rings (SSSR count). The van der Waals surface area contributed by atoms with Crippen LogP contribution >= 0.6 is 11.8 Å². The number of amides is 1. The molecule has 0 radical (unpaired) electrons. The number of rotatable bonds is 10. The van der Waals surface area contributed by atoms with Crippen LogP contribution in [0.5, 0.6) is 11.5 Å². The van der Waals surface area contributed by atoms with Crippen LogP contribution in [0.15, 0.2) is 42.5 Å². The molecule has 4 nitrogen and oxygen atoms in total. The van der Waals surface area contributed by atoms with Crippen molar-refractivity contribution >= 4 is 23.4 Å². The second-order valence-corrected chi connectivity index (χ2v) is 6.47. The SMILES string of the molecule is CCCOc1ccc(OCCSCC(=O)Nc2c(F)cccc2F)cc1. The highest BCUT2D eigenvalue weighted by atomic mass is 32.2. The van der Waals surface area contributed by atoms with Gasteiger partial charge in [0.2, 0.25) is 5.91 Å². The molecule has 1 N–H and O–H groups in total. The predicted molar refractivity (Wildman–Crippen MR) is 100 cm³/mol. The van der Waals surface area contributed by atoms with Gasteiger partial charge in [-0.3, -0.25) is 4.79 Å². The van der Waals surface area contributed by atoms with E-state index in [0.717, 1.165) is 24.3 Å². The van der Waals surface area contributed by atoms with E-state index in [4.69, 9.17) is 9.47 Å². The van der Waals surface area contributed by atoms with Gasteiger partial charge in [0.05, 0.1) is 19.0 Å². The van der Waals surface area contributed by atoms with E-state index in [2.05, 4.69) is 5.32 Å². The highest BCUT2D eigenvalue weighted by molar-refractivity contribution is 7.99. The number of anilines is 1. The second-order valence-electron chi connectivity index (χ2n) is 5.37. The van der Waals surface area contributed by atoms with Gasteiger partial charge in [-0.15, -0.1) is 11.8 Å². The molecule has 1 amide bonds. The summed E-state index contributed by atoms with van der Waals surface area (Å²) in [7, 11) is 0. The van der Waals surface area contributed by atoms with Crippen LogP contribution in [0.2, 0.25) is 0 Å². The molecule has 0 aliphatic rings. The maximum atomic E-state index is 13.4. The van der Waals surface area contributed by atoms with Gasteiger partial charge in [0.15, 0.2) is 0 Å². The topological polar surface area (TPSA) is 47.6 Å². The Labute approximate surface area is 155 Å². The standard InChI is InChI=1S/C19H21F2NO3S/c1-2-10-24-14-6-8-15(9-7-14)25-11-12-26-13-18(23)22-19-16(20)4-3-5-17(19)21/h3-9H,2,10-13H2,1H3,(H,22,23). The number of carbonyl (C=O) groups is 1. The normalized spacial score (nSPS) is 10.4. The fourth-order valence-electron chi connectivity index (χ4n) is 2.03. The summed E-state index contributed by atoms with van der Waals surface area (Å²) in [6, 6.07) is 10.8. The molecule has 0 saturated carbocycles. The Kier molecular flexibility index (Phi) is 8.21. The molecule has 0 aliphatic carbocycles. The third kappa shape index (κ3) is 6.55. The van der Waals surface area contributed by atoms with Crippen LogP contribution in [-0.4, -0.2) is 30.6 Å². The minimum absolute atomic E-state index is 0.0843. The average Bonchev–Trinajstić information content (AvgIpc) is 2.64. The number of hydrogen-bond donors (Lipinski definition) is 1. The molecule has 0 unspecified atom stereocenters. The number of para-hydroxylation sites is 1. The second kappa shape index (κ2) is 10.7. The smallest absolute Gasteiger partial charge is 0.234 e. The maximum Gasteiger partial charge on any atom is 0.234 e. The van der Waals surface area contributed by atoms with Gasteiger partial charge in [-0.05, 0) is 42.8 Å². The van der Waals surface area contributed by atoms with Crippen molar-refractivity contribution in [3.05, 3.63) is 54.1 Å². The van der Waals surface area contributed by atoms with E-state index in [1.807, 2.05) is 31.2 Å². The quantitative estimate of drug-likeness (QED) is 0.616. The van der Waals surface area contributed by atoms with Crippen LogP contribution in [0.4, 0.5) is 14.5 Å². The molecule has 2 aromatic carbocycles. The number of nitrogens with one attached hydrogen (secondary N) is 1. The Morgan fingerprint density at radius 2 is 1.58 bits per heavy atom. The number of carbonyl (C=O) groups excluding carboxylic acids is 1. The number of benzene rings is 2. The summed E-state index contributed by atoms with van der Waals surface area (Å²) in [6.07, 6.45) is 0.951. The van der Waals surface area contributed by atoms with Crippen LogP contribution in [0.3, 0.4) is 0 Å². The summed E-state index contributed by atoms with van der Waals surface area (Å²) in [5.41, 5.74) is -0.417. The van der Waals surface area contributed by atoms with Crippen LogP contribution in [0.1, 0.15) is 13.3 Å². The number of halogens is 2. The van der Waals surface area contributed by atoms with E-state index < -0.39 is 23.2 Å². The zero-order chi connectivity index (χ0) is 18.8. The fraction of sp³-hybridized carbons (Fsp3) is 0.316. The number of thioether (sulfide) groups is 1.